The summed E-state index contributed by atoms with van der Waals surface area (Å²) in [5.74, 6) is 0.373. The number of nitrogens with one attached hydrogen (secondary N) is 1. The van der Waals surface area contributed by atoms with Gasteiger partial charge in [0.05, 0.1) is 5.75 Å². The van der Waals surface area contributed by atoms with E-state index >= 15 is 0 Å². The molecule has 118 valence electrons. The van der Waals surface area contributed by atoms with Gasteiger partial charge in [-0.1, -0.05) is 30.0 Å². The van der Waals surface area contributed by atoms with Crippen molar-refractivity contribution in [2.75, 3.05) is 17.7 Å². The number of benzene rings is 1. The van der Waals surface area contributed by atoms with Gasteiger partial charge >= 0.3 is 0 Å². The van der Waals surface area contributed by atoms with Gasteiger partial charge < -0.3 is 4.90 Å². The Balaban J connectivity index is 1.74. The third kappa shape index (κ3) is 3.09. The van der Waals surface area contributed by atoms with Crippen LogP contribution in [0.25, 0.3) is 5.78 Å². The molecule has 0 saturated heterocycles. The Morgan fingerprint density at radius 3 is 2.78 bits per heavy atom. The highest BCUT2D eigenvalue weighted by Crippen LogP contribution is 2.17. The lowest BCUT2D eigenvalue weighted by Crippen LogP contribution is -2.27. The summed E-state index contributed by atoms with van der Waals surface area (Å²) in [5, 5.41) is 12.4. The Hall–Kier alpha value is -2.68. The van der Waals surface area contributed by atoms with Crippen LogP contribution in [0.3, 0.4) is 0 Å². The van der Waals surface area contributed by atoms with Crippen LogP contribution in [0.4, 0.5) is 5.69 Å². The lowest BCUT2D eigenvalue weighted by molar-refractivity contribution is -0.115. The number of H-pyrrole nitrogens is 1. The molecule has 3 aromatic rings. The van der Waals surface area contributed by atoms with Crippen molar-refractivity contribution in [1.29, 1.82) is 0 Å². The molecule has 3 rings (SSSR count). The maximum Gasteiger partial charge on any atom is 0.273 e. The fourth-order valence-corrected chi connectivity index (χ4v) is 2.72. The van der Waals surface area contributed by atoms with Crippen molar-refractivity contribution < 1.29 is 4.79 Å². The van der Waals surface area contributed by atoms with Crippen LogP contribution >= 0.6 is 11.8 Å². The summed E-state index contributed by atoms with van der Waals surface area (Å²) in [6, 6.07) is 9.38. The van der Waals surface area contributed by atoms with Gasteiger partial charge in [-0.05, 0) is 19.1 Å². The van der Waals surface area contributed by atoms with Crippen LogP contribution in [0.15, 0.2) is 40.3 Å². The lowest BCUT2D eigenvalue weighted by atomic mass is 10.3. The molecule has 2 heterocycles. The first-order valence-electron chi connectivity index (χ1n) is 6.83. The molecule has 0 unspecified atom stereocenters. The minimum Gasteiger partial charge on any atom is -0.315 e. The highest BCUT2D eigenvalue weighted by molar-refractivity contribution is 7.99. The fraction of sp³-hybridized carbons (Fsp3) is 0.214. The summed E-state index contributed by atoms with van der Waals surface area (Å²) in [4.78, 5) is 27.9. The molecule has 1 aromatic carbocycles. The van der Waals surface area contributed by atoms with Crippen molar-refractivity contribution in [2.45, 2.75) is 12.1 Å². The van der Waals surface area contributed by atoms with E-state index in [0.29, 0.717) is 10.9 Å². The molecule has 0 aliphatic heterocycles. The van der Waals surface area contributed by atoms with E-state index in [0.717, 1.165) is 5.69 Å². The maximum atomic E-state index is 12.3. The molecule has 0 spiro atoms. The average Bonchev–Trinajstić information content (AvgIpc) is 2.95. The second-order valence-corrected chi connectivity index (χ2v) is 5.78. The molecule has 9 heteroatoms. The Labute approximate surface area is 135 Å². The molecule has 1 N–H and O–H groups in total. The molecular weight excluding hydrogens is 316 g/mol. The standard InChI is InChI=1S/C14H14N6O2S/c1-9-12(22)15-13-16-17-14(20(13)18-9)23-8-11(21)19(2)10-6-4-3-5-7-10/h3-7H,8H2,1-2H3,(H,15,16,22). The van der Waals surface area contributed by atoms with E-state index in [2.05, 4.69) is 20.3 Å². The predicted molar refractivity (Wildman–Crippen MR) is 86.7 cm³/mol. The zero-order chi connectivity index (χ0) is 16.4. The number of aromatic nitrogens is 5. The Morgan fingerprint density at radius 1 is 1.30 bits per heavy atom. The van der Waals surface area contributed by atoms with Crippen LogP contribution in [0, 0.1) is 6.92 Å². The minimum absolute atomic E-state index is 0.0703. The van der Waals surface area contributed by atoms with Crippen molar-refractivity contribution in [3.8, 4) is 0 Å². The zero-order valence-corrected chi connectivity index (χ0v) is 13.4. The molecule has 0 radical (unpaired) electrons. The number of fused-ring (bicyclic) bond motifs is 1. The van der Waals surface area contributed by atoms with Crippen LogP contribution in [-0.2, 0) is 4.79 Å². The van der Waals surface area contributed by atoms with E-state index in [1.165, 1.54) is 16.3 Å². The number of carbonyl (C=O) groups excluding carboxylic acids is 1. The first kappa shape index (κ1) is 15.2. The number of hydrogen-bond acceptors (Lipinski definition) is 6. The number of carbonyl (C=O) groups is 1. The van der Waals surface area contributed by atoms with Crippen molar-refractivity contribution in [2.24, 2.45) is 0 Å². The number of hydrogen-bond donors (Lipinski definition) is 1. The molecule has 23 heavy (non-hydrogen) atoms. The number of thioether (sulfide) groups is 1. The van der Waals surface area contributed by atoms with Crippen molar-refractivity contribution in [3.05, 3.63) is 46.4 Å². The number of nitrogens with zero attached hydrogens (tertiary/aromatic N) is 5. The molecule has 1 amide bonds. The number of amides is 1. The van der Waals surface area contributed by atoms with Crippen molar-refractivity contribution in [3.63, 3.8) is 0 Å². The second kappa shape index (κ2) is 6.21. The molecule has 0 bridgehead atoms. The van der Waals surface area contributed by atoms with Crippen LogP contribution in [0.2, 0.25) is 0 Å². The first-order chi connectivity index (χ1) is 11.1. The third-order valence-corrected chi connectivity index (χ3v) is 4.16. The van der Waals surface area contributed by atoms with E-state index in [1.54, 1.807) is 18.9 Å². The molecule has 0 aliphatic rings. The number of aryl methyl sites for hydroxylation is 1. The van der Waals surface area contributed by atoms with E-state index < -0.39 is 0 Å². The third-order valence-electron chi connectivity index (χ3n) is 3.26. The molecule has 0 atom stereocenters. The van der Waals surface area contributed by atoms with Gasteiger partial charge in [-0.15, -0.1) is 10.2 Å². The summed E-state index contributed by atoms with van der Waals surface area (Å²) in [6.07, 6.45) is 0. The average molecular weight is 330 g/mol. The predicted octanol–water partition coefficient (Wildman–Crippen LogP) is 0.876. The molecular formula is C14H14N6O2S. The van der Waals surface area contributed by atoms with Crippen molar-refractivity contribution in [1.82, 2.24) is 24.8 Å². The van der Waals surface area contributed by atoms with Gasteiger partial charge in [-0.2, -0.15) is 9.61 Å². The quantitative estimate of drug-likeness (QED) is 0.713. The second-order valence-electron chi connectivity index (χ2n) is 4.83. The molecule has 0 aliphatic carbocycles. The molecule has 0 saturated carbocycles. The fourth-order valence-electron chi connectivity index (χ4n) is 1.93. The van der Waals surface area contributed by atoms with Crippen LogP contribution < -0.4 is 10.5 Å². The minimum atomic E-state index is -0.304. The smallest absolute Gasteiger partial charge is 0.273 e. The van der Waals surface area contributed by atoms with E-state index in [-0.39, 0.29) is 23.0 Å². The summed E-state index contributed by atoms with van der Waals surface area (Å²) >= 11 is 1.22. The van der Waals surface area contributed by atoms with Gasteiger partial charge in [-0.25, -0.2) is 0 Å². The number of aromatic amines is 1. The lowest BCUT2D eigenvalue weighted by Gasteiger charge is -2.16. The van der Waals surface area contributed by atoms with Crippen molar-refractivity contribution >= 4 is 29.1 Å². The van der Waals surface area contributed by atoms with E-state index in [1.807, 2.05) is 30.3 Å². The number of rotatable bonds is 4. The first-order valence-corrected chi connectivity index (χ1v) is 7.81. The number of para-hydroxylation sites is 1. The van der Waals surface area contributed by atoms with Gasteiger partial charge in [0.15, 0.2) is 0 Å². The Morgan fingerprint density at radius 2 is 2.04 bits per heavy atom. The van der Waals surface area contributed by atoms with Gasteiger partial charge in [0.1, 0.15) is 5.69 Å². The summed E-state index contributed by atoms with van der Waals surface area (Å²) < 4.78 is 1.43. The Kier molecular flexibility index (Phi) is 4.11. The normalized spacial score (nSPS) is 10.9. The van der Waals surface area contributed by atoms with Gasteiger partial charge in [0.25, 0.3) is 11.3 Å². The SMILES string of the molecule is Cc1nn2c(SCC(=O)N(C)c3ccccc3)nnc2[nH]c1=O. The van der Waals surface area contributed by atoms with Gasteiger partial charge in [0, 0.05) is 12.7 Å². The van der Waals surface area contributed by atoms with Gasteiger partial charge in [0.2, 0.25) is 11.1 Å². The highest BCUT2D eigenvalue weighted by Gasteiger charge is 2.15. The van der Waals surface area contributed by atoms with Gasteiger partial charge in [-0.3, -0.25) is 14.6 Å². The van der Waals surface area contributed by atoms with Crippen LogP contribution in [0.1, 0.15) is 5.69 Å². The summed E-state index contributed by atoms with van der Waals surface area (Å²) in [5.41, 5.74) is 0.829. The topological polar surface area (TPSA) is 96.2 Å². The molecule has 0 fully saturated rings. The van der Waals surface area contributed by atoms with E-state index in [4.69, 9.17) is 0 Å². The van der Waals surface area contributed by atoms with Crippen LogP contribution in [0.5, 0.6) is 0 Å². The number of anilines is 1. The Bertz CT molecular complexity index is 905. The monoisotopic (exact) mass is 330 g/mol. The highest BCUT2D eigenvalue weighted by atomic mass is 32.2. The summed E-state index contributed by atoms with van der Waals surface area (Å²) in [7, 11) is 1.72. The van der Waals surface area contributed by atoms with Crippen LogP contribution in [-0.4, -0.2) is 43.5 Å². The van der Waals surface area contributed by atoms with E-state index in [9.17, 15) is 9.59 Å². The molecule has 2 aromatic heterocycles. The summed E-state index contributed by atoms with van der Waals surface area (Å²) in [6.45, 7) is 1.60. The zero-order valence-electron chi connectivity index (χ0n) is 12.6. The largest absolute Gasteiger partial charge is 0.315 e. The molecule has 8 nitrogen and oxygen atoms in total. The maximum absolute atomic E-state index is 12.3.